The van der Waals surface area contributed by atoms with Crippen molar-refractivity contribution in [3.63, 3.8) is 0 Å². The Labute approximate surface area is 202 Å². The predicted octanol–water partition coefficient (Wildman–Crippen LogP) is 3.76. The van der Waals surface area contributed by atoms with E-state index in [1.54, 1.807) is 0 Å². The summed E-state index contributed by atoms with van der Waals surface area (Å²) in [7, 11) is 1.81. The SMILES string of the molecule is CN=C(NCc1nnc2n1CCCCC2)NCC1CCCOC1c1ccc(C)cc1.I. The zero-order valence-electron chi connectivity index (χ0n) is 18.6. The molecule has 1 aromatic heterocycles. The molecule has 1 saturated heterocycles. The molecule has 0 saturated carbocycles. The molecule has 2 aliphatic rings. The molecule has 170 valence electrons. The number of ether oxygens (including phenoxy) is 1. The summed E-state index contributed by atoms with van der Waals surface area (Å²) in [6.45, 7) is 5.43. The summed E-state index contributed by atoms with van der Waals surface area (Å²) < 4.78 is 8.43. The minimum Gasteiger partial charge on any atom is -0.373 e. The molecule has 0 radical (unpaired) electrons. The first kappa shape index (κ1) is 24.0. The Balaban J connectivity index is 0.00000272. The van der Waals surface area contributed by atoms with Crippen molar-refractivity contribution in [1.29, 1.82) is 0 Å². The molecule has 8 heteroatoms. The van der Waals surface area contributed by atoms with Gasteiger partial charge in [0.25, 0.3) is 0 Å². The molecule has 0 spiro atoms. The molecular formula is C23H35IN6O. The second-order valence-electron chi connectivity index (χ2n) is 8.41. The fraction of sp³-hybridized carbons (Fsp3) is 0.609. The maximum atomic E-state index is 6.15. The van der Waals surface area contributed by atoms with Crippen molar-refractivity contribution in [1.82, 2.24) is 25.4 Å². The molecule has 4 rings (SSSR count). The quantitative estimate of drug-likeness (QED) is 0.345. The lowest BCUT2D eigenvalue weighted by Crippen LogP contribution is -2.42. The molecule has 0 aliphatic carbocycles. The van der Waals surface area contributed by atoms with Crippen molar-refractivity contribution >= 4 is 29.9 Å². The molecule has 1 aromatic carbocycles. The number of aliphatic imine (C=N–C) groups is 1. The molecule has 2 unspecified atom stereocenters. The maximum absolute atomic E-state index is 6.15. The third kappa shape index (κ3) is 6.19. The van der Waals surface area contributed by atoms with Gasteiger partial charge in [-0.2, -0.15) is 0 Å². The molecule has 7 nitrogen and oxygen atoms in total. The van der Waals surface area contributed by atoms with Crippen LogP contribution < -0.4 is 10.6 Å². The first-order chi connectivity index (χ1) is 14.7. The standard InChI is InChI=1S/C23H34N6O.HI/c1-17-9-11-18(12-10-17)22-19(7-6-14-30-22)15-25-23(24-2)26-16-21-28-27-20-8-4-3-5-13-29(20)21;/h9-12,19,22H,3-8,13-16H2,1-2H3,(H2,24,25,26);1H. The summed E-state index contributed by atoms with van der Waals surface area (Å²) in [6.07, 6.45) is 7.10. The predicted molar refractivity (Wildman–Crippen MR) is 134 cm³/mol. The lowest BCUT2D eigenvalue weighted by molar-refractivity contribution is -0.0265. The van der Waals surface area contributed by atoms with Gasteiger partial charge in [-0.1, -0.05) is 36.2 Å². The maximum Gasteiger partial charge on any atom is 0.191 e. The first-order valence-electron chi connectivity index (χ1n) is 11.3. The molecule has 3 heterocycles. The fourth-order valence-electron chi connectivity index (χ4n) is 4.46. The summed E-state index contributed by atoms with van der Waals surface area (Å²) >= 11 is 0. The number of aromatic nitrogens is 3. The van der Waals surface area contributed by atoms with Gasteiger partial charge >= 0.3 is 0 Å². The highest BCUT2D eigenvalue weighted by molar-refractivity contribution is 14.0. The fourth-order valence-corrected chi connectivity index (χ4v) is 4.46. The van der Waals surface area contributed by atoms with E-state index in [-0.39, 0.29) is 30.1 Å². The summed E-state index contributed by atoms with van der Waals surface area (Å²) in [5.74, 6) is 3.33. The lowest BCUT2D eigenvalue weighted by atomic mass is 9.89. The first-order valence-corrected chi connectivity index (χ1v) is 11.3. The van der Waals surface area contributed by atoms with Crippen LogP contribution in [-0.4, -0.2) is 40.9 Å². The van der Waals surface area contributed by atoms with Crippen molar-refractivity contribution < 1.29 is 4.74 Å². The number of rotatable bonds is 5. The number of fused-ring (bicyclic) bond motifs is 1. The summed E-state index contributed by atoms with van der Waals surface area (Å²) in [6, 6.07) is 8.73. The van der Waals surface area contributed by atoms with Crippen LogP contribution in [0.15, 0.2) is 29.3 Å². The molecule has 2 N–H and O–H groups in total. The molecule has 2 aromatic rings. The zero-order valence-corrected chi connectivity index (χ0v) is 21.0. The third-order valence-corrected chi connectivity index (χ3v) is 6.21. The Bertz CT molecular complexity index is 850. The Hall–Kier alpha value is -1.68. The minimum atomic E-state index is 0. The zero-order chi connectivity index (χ0) is 20.8. The van der Waals surface area contributed by atoms with Crippen LogP contribution in [0, 0.1) is 12.8 Å². The monoisotopic (exact) mass is 538 g/mol. The van der Waals surface area contributed by atoms with E-state index >= 15 is 0 Å². The highest BCUT2D eigenvalue weighted by Crippen LogP contribution is 2.33. The van der Waals surface area contributed by atoms with E-state index in [4.69, 9.17) is 4.74 Å². The molecule has 31 heavy (non-hydrogen) atoms. The van der Waals surface area contributed by atoms with Gasteiger partial charge in [-0.25, -0.2) is 0 Å². The van der Waals surface area contributed by atoms with Crippen LogP contribution in [0.4, 0.5) is 0 Å². The molecule has 1 fully saturated rings. The van der Waals surface area contributed by atoms with Crippen LogP contribution in [0.5, 0.6) is 0 Å². The lowest BCUT2D eigenvalue weighted by Gasteiger charge is -2.32. The van der Waals surface area contributed by atoms with E-state index in [2.05, 4.69) is 61.6 Å². The van der Waals surface area contributed by atoms with Crippen LogP contribution in [0.1, 0.15) is 61.0 Å². The van der Waals surface area contributed by atoms with E-state index in [9.17, 15) is 0 Å². The van der Waals surface area contributed by atoms with Crippen LogP contribution in [0.2, 0.25) is 0 Å². The van der Waals surface area contributed by atoms with Gasteiger partial charge in [0.05, 0.1) is 12.6 Å². The normalized spacial score (nSPS) is 21.5. The Morgan fingerprint density at radius 1 is 1.13 bits per heavy atom. The highest BCUT2D eigenvalue weighted by Gasteiger charge is 2.27. The van der Waals surface area contributed by atoms with Gasteiger partial charge in [-0.3, -0.25) is 4.99 Å². The van der Waals surface area contributed by atoms with Crippen molar-refractivity contribution in [3.8, 4) is 0 Å². The topological polar surface area (TPSA) is 76.4 Å². The number of nitrogens with zero attached hydrogens (tertiary/aromatic N) is 4. The van der Waals surface area contributed by atoms with Gasteiger partial charge in [0.2, 0.25) is 0 Å². The third-order valence-electron chi connectivity index (χ3n) is 6.21. The van der Waals surface area contributed by atoms with Gasteiger partial charge < -0.3 is 19.9 Å². The van der Waals surface area contributed by atoms with E-state index in [1.807, 2.05) is 7.05 Å². The van der Waals surface area contributed by atoms with Crippen molar-refractivity contribution in [2.24, 2.45) is 10.9 Å². The molecule has 0 bridgehead atoms. The van der Waals surface area contributed by atoms with Gasteiger partial charge in [0.15, 0.2) is 11.8 Å². The van der Waals surface area contributed by atoms with Crippen LogP contribution in [0.25, 0.3) is 0 Å². The van der Waals surface area contributed by atoms with E-state index in [1.165, 1.54) is 30.4 Å². The van der Waals surface area contributed by atoms with Gasteiger partial charge in [0, 0.05) is 39.1 Å². The molecule has 2 aliphatic heterocycles. The Morgan fingerprint density at radius 3 is 2.77 bits per heavy atom. The van der Waals surface area contributed by atoms with Crippen LogP contribution in [-0.2, 0) is 24.2 Å². The number of hydrogen-bond acceptors (Lipinski definition) is 4. The van der Waals surface area contributed by atoms with Crippen LogP contribution >= 0.6 is 24.0 Å². The number of guanidine groups is 1. The van der Waals surface area contributed by atoms with E-state index < -0.39 is 0 Å². The smallest absolute Gasteiger partial charge is 0.191 e. The molecule has 0 amide bonds. The molecule has 2 atom stereocenters. The average Bonchev–Trinajstić information content (AvgIpc) is 3.00. The number of benzene rings is 1. The Morgan fingerprint density at radius 2 is 1.97 bits per heavy atom. The second-order valence-corrected chi connectivity index (χ2v) is 8.41. The van der Waals surface area contributed by atoms with Gasteiger partial charge in [0.1, 0.15) is 5.82 Å². The number of nitrogens with one attached hydrogen (secondary N) is 2. The summed E-state index contributed by atoms with van der Waals surface area (Å²) in [5, 5.41) is 15.7. The van der Waals surface area contributed by atoms with Crippen LogP contribution in [0.3, 0.4) is 0 Å². The minimum absolute atomic E-state index is 0. The van der Waals surface area contributed by atoms with Gasteiger partial charge in [-0.15, -0.1) is 34.2 Å². The largest absolute Gasteiger partial charge is 0.373 e. The van der Waals surface area contributed by atoms with Crippen molar-refractivity contribution in [2.75, 3.05) is 20.2 Å². The average molecular weight is 538 g/mol. The summed E-state index contributed by atoms with van der Waals surface area (Å²) in [4.78, 5) is 4.41. The second kappa shape index (κ2) is 11.8. The van der Waals surface area contributed by atoms with Gasteiger partial charge in [-0.05, 0) is 38.2 Å². The Kier molecular flexibility index (Phi) is 9.13. The highest BCUT2D eigenvalue weighted by atomic mass is 127. The number of halogens is 1. The number of hydrogen-bond donors (Lipinski definition) is 2. The van der Waals surface area contributed by atoms with Crippen molar-refractivity contribution in [2.45, 2.75) is 64.6 Å². The van der Waals surface area contributed by atoms with Crippen molar-refractivity contribution in [3.05, 3.63) is 47.0 Å². The summed E-state index contributed by atoms with van der Waals surface area (Å²) in [5.41, 5.74) is 2.54. The van der Waals surface area contributed by atoms with E-state index in [0.717, 1.165) is 56.6 Å². The molecular weight excluding hydrogens is 503 g/mol. The number of aryl methyl sites for hydroxylation is 2. The van der Waals surface area contributed by atoms with E-state index in [0.29, 0.717) is 12.5 Å².